The molecular formula is C27H35N7O6. The molecule has 1 aromatic carbocycles. The standard InChI is InChI=1S/C27H35N7O6/c1-4-28-24(35)20-19-21(40-27(2,3)39-19)25(38-20)34-16-33-18-22(31-15-32-23(18)34)29-12-8-9-13-30-26(36)37-14-17-10-6-5-7-11-17/h5-7,10-11,15-16,19-21,25H,4,8-9,12-14H2,1-3H3,(H,28,35)(H,30,36)(H,29,31,32)/t19-,20+,21-,25-/m1/s1. The van der Waals surface area contributed by atoms with E-state index >= 15 is 0 Å². The third kappa shape index (κ3) is 6.16. The highest BCUT2D eigenvalue weighted by molar-refractivity contribution is 5.83. The van der Waals surface area contributed by atoms with Gasteiger partial charge in [0.1, 0.15) is 25.1 Å². The van der Waals surface area contributed by atoms with Gasteiger partial charge in [-0.1, -0.05) is 30.3 Å². The molecule has 0 radical (unpaired) electrons. The number of benzene rings is 1. The van der Waals surface area contributed by atoms with Crippen LogP contribution in [0.1, 0.15) is 45.4 Å². The third-order valence-electron chi connectivity index (χ3n) is 6.65. The molecule has 0 spiro atoms. The van der Waals surface area contributed by atoms with Gasteiger partial charge in [-0.3, -0.25) is 9.36 Å². The molecule has 2 fully saturated rings. The van der Waals surface area contributed by atoms with Gasteiger partial charge < -0.3 is 34.9 Å². The Hall–Kier alpha value is -3.81. The topological polar surface area (TPSA) is 151 Å². The molecule has 2 aromatic heterocycles. The second-order valence-corrected chi connectivity index (χ2v) is 10.1. The van der Waals surface area contributed by atoms with Crippen LogP contribution in [0.5, 0.6) is 0 Å². The monoisotopic (exact) mass is 553 g/mol. The first-order chi connectivity index (χ1) is 19.4. The molecule has 3 N–H and O–H groups in total. The van der Waals surface area contributed by atoms with Crippen molar-refractivity contribution in [3.8, 4) is 0 Å². The van der Waals surface area contributed by atoms with Crippen molar-refractivity contribution in [2.24, 2.45) is 0 Å². The lowest BCUT2D eigenvalue weighted by Gasteiger charge is -2.24. The minimum absolute atomic E-state index is 0.237. The van der Waals surface area contributed by atoms with E-state index in [1.807, 2.05) is 51.1 Å². The molecule has 214 valence electrons. The maximum atomic E-state index is 12.7. The number of rotatable bonds is 11. The highest BCUT2D eigenvalue weighted by Gasteiger charge is 2.58. The Balaban J connectivity index is 1.15. The van der Waals surface area contributed by atoms with E-state index in [2.05, 4.69) is 30.9 Å². The second-order valence-electron chi connectivity index (χ2n) is 10.1. The van der Waals surface area contributed by atoms with Crippen molar-refractivity contribution in [2.45, 2.75) is 70.5 Å². The molecule has 0 unspecified atom stereocenters. The molecule has 0 saturated carbocycles. The van der Waals surface area contributed by atoms with E-state index in [4.69, 9.17) is 18.9 Å². The summed E-state index contributed by atoms with van der Waals surface area (Å²) in [6, 6.07) is 9.54. The van der Waals surface area contributed by atoms with E-state index in [1.165, 1.54) is 6.33 Å². The van der Waals surface area contributed by atoms with Gasteiger partial charge in [0, 0.05) is 19.6 Å². The van der Waals surface area contributed by atoms with E-state index in [1.54, 1.807) is 10.9 Å². The van der Waals surface area contributed by atoms with Crippen molar-refractivity contribution < 1.29 is 28.5 Å². The number of alkyl carbamates (subject to hydrolysis) is 1. The summed E-state index contributed by atoms with van der Waals surface area (Å²) in [4.78, 5) is 37.9. The van der Waals surface area contributed by atoms with Crippen molar-refractivity contribution in [1.29, 1.82) is 0 Å². The van der Waals surface area contributed by atoms with Crippen molar-refractivity contribution in [2.75, 3.05) is 25.0 Å². The summed E-state index contributed by atoms with van der Waals surface area (Å²) >= 11 is 0. The predicted molar refractivity (Wildman–Crippen MR) is 144 cm³/mol. The fraction of sp³-hybridized carbons (Fsp3) is 0.519. The minimum Gasteiger partial charge on any atom is -0.445 e. The van der Waals surface area contributed by atoms with Gasteiger partial charge in [-0.2, -0.15) is 0 Å². The molecule has 5 rings (SSSR count). The smallest absolute Gasteiger partial charge is 0.407 e. The number of unbranched alkanes of at least 4 members (excludes halogenated alkanes) is 1. The molecule has 2 aliphatic heterocycles. The Morgan fingerprint density at radius 3 is 2.60 bits per heavy atom. The van der Waals surface area contributed by atoms with Crippen molar-refractivity contribution >= 4 is 29.0 Å². The van der Waals surface area contributed by atoms with E-state index < -0.39 is 36.4 Å². The lowest BCUT2D eigenvalue weighted by atomic mass is 10.1. The fourth-order valence-electron chi connectivity index (χ4n) is 4.88. The normalized spacial score (nSPS) is 23.1. The molecular weight excluding hydrogens is 518 g/mol. The van der Waals surface area contributed by atoms with E-state index in [0.29, 0.717) is 36.6 Å². The van der Waals surface area contributed by atoms with Gasteiger partial charge in [0.25, 0.3) is 5.91 Å². The molecule has 2 saturated heterocycles. The zero-order valence-corrected chi connectivity index (χ0v) is 22.8. The number of amides is 2. The van der Waals surface area contributed by atoms with Crippen LogP contribution >= 0.6 is 0 Å². The number of carbonyl (C=O) groups is 2. The Morgan fingerprint density at radius 1 is 1.02 bits per heavy atom. The summed E-state index contributed by atoms with van der Waals surface area (Å²) in [7, 11) is 0. The molecule has 3 aromatic rings. The first kappa shape index (κ1) is 27.7. The number of hydrogen-bond acceptors (Lipinski definition) is 10. The lowest BCUT2D eigenvalue weighted by molar-refractivity contribution is -0.197. The van der Waals surface area contributed by atoms with Gasteiger partial charge in [0.05, 0.1) is 6.33 Å². The minimum atomic E-state index is -0.853. The molecule has 0 aliphatic carbocycles. The zero-order chi connectivity index (χ0) is 28.1. The van der Waals surface area contributed by atoms with Crippen LogP contribution in [0.2, 0.25) is 0 Å². The van der Waals surface area contributed by atoms with Gasteiger partial charge in [-0.15, -0.1) is 0 Å². The number of imidazole rings is 1. The Bertz CT molecular complexity index is 1320. The van der Waals surface area contributed by atoms with Gasteiger partial charge in [0.2, 0.25) is 0 Å². The molecule has 13 heteroatoms. The average Bonchev–Trinajstić information content (AvgIpc) is 3.61. The quantitative estimate of drug-likeness (QED) is 0.302. The first-order valence-corrected chi connectivity index (χ1v) is 13.5. The summed E-state index contributed by atoms with van der Waals surface area (Å²) in [5.74, 6) is -0.521. The lowest BCUT2D eigenvalue weighted by Crippen LogP contribution is -2.42. The van der Waals surface area contributed by atoms with Crippen LogP contribution in [0.4, 0.5) is 10.6 Å². The summed E-state index contributed by atoms with van der Waals surface area (Å²) in [5.41, 5.74) is 2.06. The van der Waals surface area contributed by atoms with Crippen LogP contribution in [0.15, 0.2) is 43.0 Å². The number of aromatic nitrogens is 4. The number of nitrogens with zero attached hydrogens (tertiary/aromatic N) is 4. The fourth-order valence-corrected chi connectivity index (χ4v) is 4.88. The Kier molecular flexibility index (Phi) is 8.43. The van der Waals surface area contributed by atoms with E-state index in [-0.39, 0.29) is 12.5 Å². The number of ether oxygens (including phenoxy) is 4. The summed E-state index contributed by atoms with van der Waals surface area (Å²) in [6.07, 6.45) is 1.62. The number of hydrogen-bond donors (Lipinski definition) is 3. The number of nitrogens with one attached hydrogen (secondary N) is 3. The molecule has 13 nitrogen and oxygen atoms in total. The van der Waals surface area contributed by atoms with Crippen molar-refractivity contribution in [1.82, 2.24) is 30.2 Å². The molecule has 2 amide bonds. The van der Waals surface area contributed by atoms with Gasteiger partial charge in [-0.25, -0.2) is 19.7 Å². The SMILES string of the molecule is CCNC(=O)[C@H]1O[C@@H](n2cnc3c(NCCCCNC(=O)OCc4ccccc4)ncnc32)[C@@H]2OC(C)(C)O[C@@H]21. The van der Waals surface area contributed by atoms with Crippen LogP contribution in [0, 0.1) is 0 Å². The number of fused-ring (bicyclic) bond motifs is 2. The molecule has 0 bridgehead atoms. The number of carbonyl (C=O) groups excluding carboxylic acids is 2. The second kappa shape index (κ2) is 12.1. The van der Waals surface area contributed by atoms with Crippen molar-refractivity contribution in [3.63, 3.8) is 0 Å². The zero-order valence-electron chi connectivity index (χ0n) is 22.8. The van der Waals surface area contributed by atoms with Gasteiger partial charge in [-0.05, 0) is 39.2 Å². The summed E-state index contributed by atoms with van der Waals surface area (Å²) in [5, 5.41) is 8.87. The van der Waals surface area contributed by atoms with Gasteiger partial charge in [0.15, 0.2) is 35.1 Å². The van der Waals surface area contributed by atoms with E-state index in [9.17, 15) is 9.59 Å². The van der Waals surface area contributed by atoms with Crippen LogP contribution in [0.3, 0.4) is 0 Å². The highest BCUT2D eigenvalue weighted by atomic mass is 16.8. The summed E-state index contributed by atoms with van der Waals surface area (Å²) < 4.78 is 25.3. The van der Waals surface area contributed by atoms with Crippen LogP contribution < -0.4 is 16.0 Å². The number of likely N-dealkylation sites (N-methyl/N-ethyl adjacent to an activating group) is 1. The molecule has 4 heterocycles. The maximum Gasteiger partial charge on any atom is 0.407 e. The molecule has 2 aliphatic rings. The molecule has 4 atom stereocenters. The average molecular weight is 554 g/mol. The summed E-state index contributed by atoms with van der Waals surface area (Å²) in [6.45, 7) is 7.32. The van der Waals surface area contributed by atoms with E-state index in [0.717, 1.165) is 18.4 Å². The van der Waals surface area contributed by atoms with Gasteiger partial charge >= 0.3 is 6.09 Å². The Labute approximate surface area is 232 Å². The van der Waals surface area contributed by atoms with Crippen LogP contribution in [-0.4, -0.2) is 75.3 Å². The van der Waals surface area contributed by atoms with Crippen LogP contribution in [0.25, 0.3) is 11.2 Å². The Morgan fingerprint density at radius 2 is 1.80 bits per heavy atom. The van der Waals surface area contributed by atoms with Crippen LogP contribution in [-0.2, 0) is 30.3 Å². The molecule has 40 heavy (non-hydrogen) atoms. The predicted octanol–water partition coefficient (Wildman–Crippen LogP) is 2.50. The number of anilines is 1. The largest absolute Gasteiger partial charge is 0.445 e. The highest BCUT2D eigenvalue weighted by Crippen LogP contribution is 2.44. The first-order valence-electron chi connectivity index (χ1n) is 13.5. The van der Waals surface area contributed by atoms with Crippen molar-refractivity contribution in [3.05, 3.63) is 48.5 Å². The maximum absolute atomic E-state index is 12.7. The third-order valence-corrected chi connectivity index (χ3v) is 6.65.